The highest BCUT2D eigenvalue weighted by molar-refractivity contribution is 7.80. The number of piperazine rings is 1. The Bertz CT molecular complexity index is 599. The van der Waals surface area contributed by atoms with Gasteiger partial charge in [-0.15, -0.1) is 0 Å². The SMILES string of the molecule is COc1ccc(C=CC(=O)NC(=S)N2CCNC(=O)C2)cc1. The molecule has 0 bridgehead atoms. The first-order valence-corrected chi connectivity index (χ1v) is 7.18. The molecule has 116 valence electrons. The number of carbonyl (C=O) groups excluding carboxylic acids is 2. The molecule has 0 radical (unpaired) electrons. The largest absolute Gasteiger partial charge is 0.497 e. The molecule has 2 N–H and O–H groups in total. The molecule has 6 nitrogen and oxygen atoms in total. The van der Waals surface area contributed by atoms with Gasteiger partial charge in [0.1, 0.15) is 5.75 Å². The molecule has 2 amide bonds. The van der Waals surface area contributed by atoms with Crippen LogP contribution in [-0.4, -0.2) is 48.6 Å². The van der Waals surface area contributed by atoms with Crippen molar-refractivity contribution in [2.75, 3.05) is 26.7 Å². The lowest BCUT2D eigenvalue weighted by atomic mass is 10.2. The average molecular weight is 319 g/mol. The zero-order chi connectivity index (χ0) is 15.9. The Morgan fingerprint density at radius 1 is 1.41 bits per heavy atom. The normalized spacial score (nSPS) is 14.6. The Morgan fingerprint density at radius 2 is 2.14 bits per heavy atom. The molecule has 1 saturated heterocycles. The number of benzene rings is 1. The Labute approximate surface area is 134 Å². The summed E-state index contributed by atoms with van der Waals surface area (Å²) in [6.07, 6.45) is 3.08. The topological polar surface area (TPSA) is 70.7 Å². The third-order valence-corrected chi connectivity index (χ3v) is 3.46. The first-order valence-electron chi connectivity index (χ1n) is 6.77. The van der Waals surface area contributed by atoms with E-state index in [4.69, 9.17) is 17.0 Å². The van der Waals surface area contributed by atoms with Crippen molar-refractivity contribution in [1.82, 2.24) is 15.5 Å². The Hall–Kier alpha value is -2.41. The van der Waals surface area contributed by atoms with Crippen molar-refractivity contribution in [1.29, 1.82) is 0 Å². The van der Waals surface area contributed by atoms with Gasteiger partial charge >= 0.3 is 0 Å². The summed E-state index contributed by atoms with van der Waals surface area (Å²) in [5.74, 6) is 0.328. The first-order chi connectivity index (χ1) is 10.6. The number of nitrogens with zero attached hydrogens (tertiary/aromatic N) is 1. The molecule has 1 aliphatic heterocycles. The van der Waals surface area contributed by atoms with Crippen molar-refractivity contribution in [3.8, 4) is 5.75 Å². The van der Waals surface area contributed by atoms with Gasteiger partial charge in [0, 0.05) is 19.2 Å². The van der Waals surface area contributed by atoms with Crippen LogP contribution >= 0.6 is 12.2 Å². The molecule has 1 heterocycles. The molecular weight excluding hydrogens is 302 g/mol. The summed E-state index contributed by atoms with van der Waals surface area (Å²) in [5, 5.41) is 5.55. The minimum absolute atomic E-state index is 0.100. The van der Waals surface area contributed by atoms with Gasteiger partial charge in [-0.05, 0) is 36.0 Å². The number of methoxy groups -OCH3 is 1. The number of amides is 2. The second kappa shape index (κ2) is 7.56. The van der Waals surface area contributed by atoms with Crippen LogP contribution in [0.2, 0.25) is 0 Å². The van der Waals surface area contributed by atoms with E-state index in [1.165, 1.54) is 6.08 Å². The van der Waals surface area contributed by atoms with E-state index in [9.17, 15) is 9.59 Å². The molecule has 1 aliphatic rings. The lowest BCUT2D eigenvalue weighted by molar-refractivity contribution is -0.123. The fraction of sp³-hybridized carbons (Fsp3) is 0.267. The maximum Gasteiger partial charge on any atom is 0.250 e. The number of rotatable bonds is 3. The summed E-state index contributed by atoms with van der Waals surface area (Å²) >= 11 is 5.13. The fourth-order valence-corrected chi connectivity index (χ4v) is 2.18. The Kier molecular flexibility index (Phi) is 5.48. The standard InChI is InChI=1S/C15H17N3O3S/c1-21-12-5-2-11(3-6-12)4-7-13(19)17-15(22)18-9-8-16-14(20)10-18/h2-7H,8-10H2,1H3,(H,16,20)(H,17,19,22). The van der Waals surface area contributed by atoms with Gasteiger partial charge < -0.3 is 15.0 Å². The maximum absolute atomic E-state index is 11.8. The predicted octanol–water partition coefficient (Wildman–Crippen LogP) is 0.541. The molecule has 0 atom stereocenters. The molecule has 0 unspecified atom stereocenters. The van der Waals surface area contributed by atoms with Gasteiger partial charge in [0.15, 0.2) is 5.11 Å². The summed E-state index contributed by atoms with van der Waals surface area (Å²) in [7, 11) is 1.60. The lowest BCUT2D eigenvalue weighted by Gasteiger charge is -2.28. The van der Waals surface area contributed by atoms with Crippen LogP contribution < -0.4 is 15.4 Å². The number of hydrogen-bond acceptors (Lipinski definition) is 4. The minimum atomic E-state index is -0.327. The third kappa shape index (κ3) is 4.56. The molecule has 1 fully saturated rings. The maximum atomic E-state index is 11.8. The molecule has 0 aliphatic carbocycles. The average Bonchev–Trinajstić information content (AvgIpc) is 2.53. The number of thiocarbonyl (C=S) groups is 1. The van der Waals surface area contributed by atoms with E-state index >= 15 is 0 Å². The number of nitrogens with one attached hydrogen (secondary N) is 2. The molecule has 0 spiro atoms. The second-order valence-electron chi connectivity index (χ2n) is 4.67. The fourth-order valence-electron chi connectivity index (χ4n) is 1.92. The van der Waals surface area contributed by atoms with Crippen LogP contribution in [0.3, 0.4) is 0 Å². The van der Waals surface area contributed by atoms with E-state index in [1.807, 2.05) is 24.3 Å². The monoisotopic (exact) mass is 319 g/mol. The van der Waals surface area contributed by atoms with Crippen LogP contribution in [0.15, 0.2) is 30.3 Å². The second-order valence-corrected chi connectivity index (χ2v) is 5.06. The predicted molar refractivity (Wildman–Crippen MR) is 87.4 cm³/mol. The van der Waals surface area contributed by atoms with Crippen molar-refractivity contribution in [2.45, 2.75) is 0 Å². The van der Waals surface area contributed by atoms with Crippen molar-refractivity contribution in [3.63, 3.8) is 0 Å². The van der Waals surface area contributed by atoms with E-state index in [-0.39, 0.29) is 23.5 Å². The van der Waals surface area contributed by atoms with Gasteiger partial charge in [-0.2, -0.15) is 0 Å². The zero-order valence-corrected chi connectivity index (χ0v) is 13.0. The number of hydrogen-bond donors (Lipinski definition) is 2. The van der Waals surface area contributed by atoms with E-state index in [2.05, 4.69) is 10.6 Å². The molecule has 0 aromatic heterocycles. The van der Waals surface area contributed by atoms with Gasteiger partial charge in [0.05, 0.1) is 13.7 Å². The Morgan fingerprint density at radius 3 is 2.77 bits per heavy atom. The van der Waals surface area contributed by atoms with E-state index in [0.29, 0.717) is 13.1 Å². The molecular formula is C15H17N3O3S. The van der Waals surface area contributed by atoms with Gasteiger partial charge in [-0.25, -0.2) is 0 Å². The van der Waals surface area contributed by atoms with Gasteiger partial charge in [0.25, 0.3) is 0 Å². The molecule has 22 heavy (non-hydrogen) atoms. The Balaban J connectivity index is 1.87. The van der Waals surface area contributed by atoms with Crippen molar-refractivity contribution >= 4 is 35.2 Å². The van der Waals surface area contributed by atoms with Gasteiger partial charge in [-0.1, -0.05) is 12.1 Å². The van der Waals surface area contributed by atoms with E-state index in [0.717, 1.165) is 11.3 Å². The molecule has 1 aromatic carbocycles. The van der Waals surface area contributed by atoms with Gasteiger partial charge in [-0.3, -0.25) is 14.9 Å². The highest BCUT2D eigenvalue weighted by atomic mass is 32.1. The van der Waals surface area contributed by atoms with Crippen LogP contribution in [0.4, 0.5) is 0 Å². The van der Waals surface area contributed by atoms with Gasteiger partial charge in [0.2, 0.25) is 11.8 Å². The first kappa shape index (κ1) is 16.0. The van der Waals surface area contributed by atoms with Crippen LogP contribution in [0.25, 0.3) is 6.08 Å². The number of carbonyl (C=O) groups is 2. The minimum Gasteiger partial charge on any atom is -0.497 e. The molecule has 7 heteroatoms. The van der Waals surface area contributed by atoms with Crippen LogP contribution in [-0.2, 0) is 9.59 Å². The lowest BCUT2D eigenvalue weighted by Crippen LogP contribution is -2.53. The zero-order valence-electron chi connectivity index (χ0n) is 12.2. The molecule has 1 aromatic rings. The summed E-state index contributed by atoms with van der Waals surface area (Å²) in [6, 6.07) is 7.31. The van der Waals surface area contributed by atoms with Crippen LogP contribution in [0.5, 0.6) is 5.75 Å². The van der Waals surface area contributed by atoms with Crippen LogP contribution in [0.1, 0.15) is 5.56 Å². The summed E-state index contributed by atoms with van der Waals surface area (Å²) < 4.78 is 5.06. The summed E-state index contributed by atoms with van der Waals surface area (Å²) in [6.45, 7) is 1.28. The third-order valence-electron chi connectivity index (χ3n) is 3.10. The van der Waals surface area contributed by atoms with Crippen LogP contribution in [0, 0.1) is 0 Å². The highest BCUT2D eigenvalue weighted by Gasteiger charge is 2.19. The number of ether oxygens (including phenoxy) is 1. The van der Waals surface area contributed by atoms with Crippen molar-refractivity contribution in [3.05, 3.63) is 35.9 Å². The smallest absolute Gasteiger partial charge is 0.250 e. The summed E-state index contributed by atoms with van der Waals surface area (Å²) in [5.41, 5.74) is 0.874. The van der Waals surface area contributed by atoms with Crippen molar-refractivity contribution < 1.29 is 14.3 Å². The quantitative estimate of drug-likeness (QED) is 0.629. The van der Waals surface area contributed by atoms with E-state index < -0.39 is 0 Å². The highest BCUT2D eigenvalue weighted by Crippen LogP contribution is 2.12. The van der Waals surface area contributed by atoms with E-state index in [1.54, 1.807) is 18.1 Å². The summed E-state index contributed by atoms with van der Waals surface area (Å²) in [4.78, 5) is 24.8. The molecule has 2 rings (SSSR count). The van der Waals surface area contributed by atoms with Crippen molar-refractivity contribution in [2.24, 2.45) is 0 Å². The molecule has 0 saturated carbocycles.